The molecule has 1 rings (SSSR count). The summed E-state index contributed by atoms with van der Waals surface area (Å²) in [4.78, 5) is 25.4. The minimum absolute atomic E-state index is 0.103. The molecule has 1 aliphatic heterocycles. The van der Waals surface area contributed by atoms with Crippen LogP contribution in [-0.2, 0) is 14.3 Å². The van der Waals surface area contributed by atoms with Crippen molar-refractivity contribution in [1.82, 2.24) is 4.90 Å². The number of unbranched alkanes of at least 4 members (excludes halogenated alkanes) is 1. The van der Waals surface area contributed by atoms with Gasteiger partial charge in [-0.25, -0.2) is 4.79 Å². The number of carbonyl (C=O) groups is 2. The van der Waals surface area contributed by atoms with Gasteiger partial charge in [-0.3, -0.25) is 4.79 Å². The van der Waals surface area contributed by atoms with Crippen LogP contribution in [0.25, 0.3) is 0 Å². The zero-order valence-electron chi connectivity index (χ0n) is 11.8. The lowest BCUT2D eigenvalue weighted by Gasteiger charge is -2.24. The van der Waals surface area contributed by atoms with Gasteiger partial charge in [0.25, 0.3) is 0 Å². The molecule has 1 fully saturated rings. The number of amides is 1. The van der Waals surface area contributed by atoms with Gasteiger partial charge in [0.2, 0.25) is 5.91 Å². The first-order valence-electron chi connectivity index (χ1n) is 6.97. The Bertz CT molecular complexity index is 291. The van der Waals surface area contributed by atoms with Crippen LogP contribution in [0.4, 0.5) is 0 Å². The Balaban J connectivity index is 2.47. The Morgan fingerprint density at radius 3 is 2.78 bits per heavy atom. The Kier molecular flexibility index (Phi) is 6.16. The normalized spacial score (nSPS) is 20.8. The van der Waals surface area contributed by atoms with E-state index in [1.165, 1.54) is 7.11 Å². The molecule has 0 spiro atoms. The second-order valence-corrected chi connectivity index (χ2v) is 5.22. The van der Waals surface area contributed by atoms with Gasteiger partial charge in [0.15, 0.2) is 0 Å². The molecule has 104 valence electrons. The molecule has 0 bridgehead atoms. The van der Waals surface area contributed by atoms with E-state index in [9.17, 15) is 9.59 Å². The van der Waals surface area contributed by atoms with E-state index >= 15 is 0 Å². The van der Waals surface area contributed by atoms with Crippen LogP contribution in [0.2, 0.25) is 0 Å². The van der Waals surface area contributed by atoms with Gasteiger partial charge in [-0.2, -0.15) is 0 Å². The van der Waals surface area contributed by atoms with Crippen LogP contribution >= 0.6 is 0 Å². The summed E-state index contributed by atoms with van der Waals surface area (Å²) in [5, 5.41) is 0. The predicted octanol–water partition coefficient (Wildman–Crippen LogP) is 2.37. The van der Waals surface area contributed by atoms with Crippen LogP contribution in [0.1, 0.15) is 52.4 Å². The van der Waals surface area contributed by atoms with Gasteiger partial charge in [-0.15, -0.1) is 0 Å². The predicted molar refractivity (Wildman–Crippen MR) is 70.1 cm³/mol. The minimum Gasteiger partial charge on any atom is -0.467 e. The highest BCUT2D eigenvalue weighted by atomic mass is 16.5. The Morgan fingerprint density at radius 1 is 1.44 bits per heavy atom. The number of likely N-dealkylation sites (tertiary alicyclic amines) is 1. The highest BCUT2D eigenvalue weighted by Crippen LogP contribution is 2.22. The van der Waals surface area contributed by atoms with Gasteiger partial charge in [0.1, 0.15) is 6.04 Å². The molecule has 1 aliphatic rings. The molecule has 0 aliphatic carbocycles. The summed E-state index contributed by atoms with van der Waals surface area (Å²) in [5.41, 5.74) is 0. The minimum atomic E-state index is -0.346. The zero-order valence-corrected chi connectivity index (χ0v) is 11.8. The maximum Gasteiger partial charge on any atom is 0.328 e. The summed E-state index contributed by atoms with van der Waals surface area (Å²) >= 11 is 0. The average Bonchev–Trinajstić information content (AvgIpc) is 2.84. The van der Waals surface area contributed by atoms with Gasteiger partial charge >= 0.3 is 5.97 Å². The van der Waals surface area contributed by atoms with Crippen molar-refractivity contribution in [3.8, 4) is 0 Å². The summed E-state index contributed by atoms with van der Waals surface area (Å²) in [7, 11) is 1.38. The second-order valence-electron chi connectivity index (χ2n) is 5.22. The lowest BCUT2D eigenvalue weighted by atomic mass is 10.00. The van der Waals surface area contributed by atoms with E-state index in [1.807, 2.05) is 0 Å². The van der Waals surface area contributed by atoms with Crippen LogP contribution < -0.4 is 0 Å². The van der Waals surface area contributed by atoms with Gasteiger partial charge in [0.05, 0.1) is 7.11 Å². The fraction of sp³-hybridized carbons (Fsp3) is 0.857. The van der Waals surface area contributed by atoms with E-state index in [0.29, 0.717) is 18.9 Å². The van der Waals surface area contributed by atoms with Crippen molar-refractivity contribution in [3.63, 3.8) is 0 Å². The second kappa shape index (κ2) is 7.39. The monoisotopic (exact) mass is 255 g/mol. The molecule has 2 unspecified atom stereocenters. The molecule has 1 heterocycles. The number of carbonyl (C=O) groups excluding carboxylic acids is 2. The highest BCUT2D eigenvalue weighted by molar-refractivity contribution is 5.85. The highest BCUT2D eigenvalue weighted by Gasteiger charge is 2.34. The Hall–Kier alpha value is -1.06. The van der Waals surface area contributed by atoms with Gasteiger partial charge < -0.3 is 9.64 Å². The molecular weight excluding hydrogens is 230 g/mol. The average molecular weight is 255 g/mol. The summed E-state index contributed by atoms with van der Waals surface area (Å²) in [6.45, 7) is 4.96. The molecule has 0 aromatic heterocycles. The van der Waals surface area contributed by atoms with Crippen molar-refractivity contribution in [2.45, 2.75) is 58.4 Å². The molecule has 18 heavy (non-hydrogen) atoms. The molecule has 0 aromatic rings. The zero-order chi connectivity index (χ0) is 13.5. The van der Waals surface area contributed by atoms with Crippen molar-refractivity contribution in [1.29, 1.82) is 0 Å². The number of ether oxygens (including phenoxy) is 1. The van der Waals surface area contributed by atoms with Crippen molar-refractivity contribution in [2.24, 2.45) is 5.92 Å². The summed E-state index contributed by atoms with van der Waals surface area (Å²) in [6, 6.07) is -0.346. The van der Waals surface area contributed by atoms with Crippen molar-refractivity contribution in [2.75, 3.05) is 13.7 Å². The molecule has 4 heteroatoms. The topological polar surface area (TPSA) is 46.6 Å². The van der Waals surface area contributed by atoms with Crippen LogP contribution in [-0.4, -0.2) is 36.5 Å². The van der Waals surface area contributed by atoms with Crippen molar-refractivity contribution in [3.05, 3.63) is 0 Å². The molecular formula is C14H25NO3. The third-order valence-electron chi connectivity index (χ3n) is 3.62. The number of hydrogen-bond acceptors (Lipinski definition) is 3. The van der Waals surface area contributed by atoms with Crippen LogP contribution in [0.3, 0.4) is 0 Å². The quantitative estimate of drug-likeness (QED) is 0.684. The van der Waals surface area contributed by atoms with E-state index in [4.69, 9.17) is 4.74 Å². The molecule has 0 N–H and O–H groups in total. The number of hydrogen-bond donors (Lipinski definition) is 0. The van der Waals surface area contributed by atoms with Crippen molar-refractivity contribution < 1.29 is 14.3 Å². The third kappa shape index (κ3) is 4.00. The van der Waals surface area contributed by atoms with Crippen molar-refractivity contribution >= 4 is 11.9 Å². The lowest BCUT2D eigenvalue weighted by Crippen LogP contribution is -2.41. The Labute approximate surface area is 110 Å². The van der Waals surface area contributed by atoms with Gasteiger partial charge in [-0.05, 0) is 18.8 Å². The van der Waals surface area contributed by atoms with E-state index in [2.05, 4.69) is 13.8 Å². The first-order chi connectivity index (χ1) is 8.60. The molecule has 4 nitrogen and oxygen atoms in total. The third-order valence-corrected chi connectivity index (χ3v) is 3.62. The van der Waals surface area contributed by atoms with E-state index < -0.39 is 0 Å². The SMILES string of the molecule is CCCCC(C)CC(=O)N1CCCC1C(=O)OC. The van der Waals surface area contributed by atoms with Crippen LogP contribution in [0.15, 0.2) is 0 Å². The van der Waals surface area contributed by atoms with Gasteiger partial charge in [-0.1, -0.05) is 33.1 Å². The first kappa shape index (κ1) is 15.0. The van der Waals surface area contributed by atoms with Gasteiger partial charge in [0, 0.05) is 13.0 Å². The van der Waals surface area contributed by atoms with E-state index in [0.717, 1.165) is 32.1 Å². The lowest BCUT2D eigenvalue weighted by molar-refractivity contribution is -0.151. The molecule has 2 atom stereocenters. The Morgan fingerprint density at radius 2 is 2.17 bits per heavy atom. The van der Waals surface area contributed by atoms with Crippen LogP contribution in [0, 0.1) is 5.92 Å². The fourth-order valence-electron chi connectivity index (χ4n) is 2.52. The number of rotatable bonds is 6. The van der Waals surface area contributed by atoms with E-state index in [1.54, 1.807) is 4.90 Å². The maximum atomic E-state index is 12.2. The summed E-state index contributed by atoms with van der Waals surface area (Å²) in [5.74, 6) is 0.227. The number of esters is 1. The molecule has 1 amide bonds. The summed E-state index contributed by atoms with van der Waals surface area (Å²) in [6.07, 6.45) is 5.59. The smallest absolute Gasteiger partial charge is 0.328 e. The number of methoxy groups -OCH3 is 1. The summed E-state index contributed by atoms with van der Waals surface area (Å²) < 4.78 is 4.75. The van der Waals surface area contributed by atoms with Crippen LogP contribution in [0.5, 0.6) is 0 Å². The first-order valence-corrected chi connectivity index (χ1v) is 6.97. The standard InChI is InChI=1S/C14H25NO3/c1-4-5-7-11(2)10-13(16)15-9-6-8-12(15)14(17)18-3/h11-12H,4-10H2,1-3H3. The largest absolute Gasteiger partial charge is 0.467 e. The maximum absolute atomic E-state index is 12.2. The molecule has 0 radical (unpaired) electrons. The molecule has 0 saturated carbocycles. The fourth-order valence-corrected chi connectivity index (χ4v) is 2.52. The number of nitrogens with zero attached hydrogens (tertiary/aromatic N) is 1. The van der Waals surface area contributed by atoms with E-state index in [-0.39, 0.29) is 17.9 Å². The molecule has 0 aromatic carbocycles. The molecule has 1 saturated heterocycles.